The second-order valence-corrected chi connectivity index (χ2v) is 4.13. The first kappa shape index (κ1) is 11.7. The van der Waals surface area contributed by atoms with Crippen LogP contribution in [0.3, 0.4) is 0 Å². The third kappa shape index (κ3) is 3.90. The number of carbonyl (C=O) groups is 1. The van der Waals surface area contributed by atoms with E-state index in [4.69, 9.17) is 0 Å². The standard InChI is InChI=1S/C9H16BrNO/c1-5-8(10)9(12)11(4)6-7(2)3/h8H,2,5-6H2,1,3-4H3. The zero-order valence-corrected chi connectivity index (χ0v) is 9.52. The van der Waals surface area contributed by atoms with Gasteiger partial charge in [-0.2, -0.15) is 0 Å². The molecule has 0 aromatic heterocycles. The minimum absolute atomic E-state index is 0.0538. The highest BCUT2D eigenvalue weighted by atomic mass is 79.9. The van der Waals surface area contributed by atoms with E-state index < -0.39 is 0 Å². The average Bonchev–Trinajstić information content (AvgIpc) is 2.00. The molecule has 0 N–H and O–H groups in total. The van der Waals surface area contributed by atoms with E-state index in [0.29, 0.717) is 6.54 Å². The number of halogens is 1. The van der Waals surface area contributed by atoms with Gasteiger partial charge in [-0.15, -0.1) is 0 Å². The number of hydrogen-bond donors (Lipinski definition) is 0. The highest BCUT2D eigenvalue weighted by Gasteiger charge is 2.16. The van der Waals surface area contributed by atoms with E-state index in [1.54, 1.807) is 11.9 Å². The molecule has 0 radical (unpaired) electrons. The van der Waals surface area contributed by atoms with Crippen LogP contribution < -0.4 is 0 Å². The second-order valence-electron chi connectivity index (χ2n) is 3.03. The summed E-state index contributed by atoms with van der Waals surface area (Å²) in [4.78, 5) is 13.1. The molecule has 3 heteroatoms. The van der Waals surface area contributed by atoms with Gasteiger partial charge in [0.2, 0.25) is 5.91 Å². The molecule has 1 unspecified atom stereocenters. The lowest BCUT2D eigenvalue weighted by molar-refractivity contribution is -0.128. The van der Waals surface area contributed by atoms with Crippen LogP contribution in [0.25, 0.3) is 0 Å². The Morgan fingerprint density at radius 1 is 1.67 bits per heavy atom. The first-order valence-corrected chi connectivity index (χ1v) is 4.94. The molecular formula is C9H16BrNO. The molecule has 0 aromatic carbocycles. The molecule has 12 heavy (non-hydrogen) atoms. The lowest BCUT2D eigenvalue weighted by Crippen LogP contribution is -2.34. The van der Waals surface area contributed by atoms with Crippen molar-refractivity contribution >= 4 is 21.8 Å². The zero-order chi connectivity index (χ0) is 9.72. The molecule has 0 saturated heterocycles. The van der Waals surface area contributed by atoms with Crippen LogP contribution in [0.2, 0.25) is 0 Å². The Bertz CT molecular complexity index is 179. The van der Waals surface area contributed by atoms with Crippen molar-refractivity contribution in [2.24, 2.45) is 0 Å². The molecule has 0 heterocycles. The van der Waals surface area contributed by atoms with E-state index >= 15 is 0 Å². The molecule has 0 aliphatic carbocycles. The van der Waals surface area contributed by atoms with E-state index in [-0.39, 0.29) is 10.7 Å². The lowest BCUT2D eigenvalue weighted by Gasteiger charge is -2.19. The predicted octanol–water partition coefficient (Wildman–Crippen LogP) is 2.19. The van der Waals surface area contributed by atoms with Gasteiger partial charge in [0.1, 0.15) is 0 Å². The summed E-state index contributed by atoms with van der Waals surface area (Å²) >= 11 is 3.31. The molecule has 0 aliphatic rings. The smallest absolute Gasteiger partial charge is 0.236 e. The minimum Gasteiger partial charge on any atom is -0.341 e. The van der Waals surface area contributed by atoms with Gasteiger partial charge in [-0.1, -0.05) is 35.0 Å². The van der Waals surface area contributed by atoms with Crippen LogP contribution in [-0.4, -0.2) is 29.2 Å². The molecule has 0 fully saturated rings. The van der Waals surface area contributed by atoms with E-state index in [2.05, 4.69) is 22.5 Å². The number of likely N-dealkylation sites (N-methyl/N-ethyl adjacent to an activating group) is 1. The molecule has 0 rings (SSSR count). The molecule has 1 amide bonds. The van der Waals surface area contributed by atoms with Crippen molar-refractivity contribution < 1.29 is 4.79 Å². The van der Waals surface area contributed by atoms with Gasteiger partial charge in [0.25, 0.3) is 0 Å². The number of amides is 1. The van der Waals surface area contributed by atoms with Gasteiger partial charge in [0, 0.05) is 13.6 Å². The van der Waals surface area contributed by atoms with Gasteiger partial charge in [-0.05, 0) is 13.3 Å². The highest BCUT2D eigenvalue weighted by molar-refractivity contribution is 9.10. The number of hydrogen-bond acceptors (Lipinski definition) is 1. The molecule has 1 atom stereocenters. The SMILES string of the molecule is C=C(C)CN(C)C(=O)C(Br)CC. The fourth-order valence-electron chi connectivity index (χ4n) is 0.897. The van der Waals surface area contributed by atoms with Crippen LogP contribution in [0.1, 0.15) is 20.3 Å². The fraction of sp³-hybridized carbons (Fsp3) is 0.667. The van der Waals surface area contributed by atoms with Crippen LogP contribution >= 0.6 is 15.9 Å². The first-order valence-electron chi connectivity index (χ1n) is 4.02. The van der Waals surface area contributed by atoms with E-state index in [1.807, 2.05) is 13.8 Å². The summed E-state index contributed by atoms with van der Waals surface area (Å²) < 4.78 is 0. The number of carbonyl (C=O) groups excluding carboxylic acids is 1. The monoisotopic (exact) mass is 233 g/mol. The molecule has 0 aliphatic heterocycles. The Morgan fingerprint density at radius 2 is 2.17 bits per heavy atom. The van der Waals surface area contributed by atoms with Crippen molar-refractivity contribution in [3.63, 3.8) is 0 Å². The topological polar surface area (TPSA) is 20.3 Å². The van der Waals surface area contributed by atoms with Gasteiger partial charge >= 0.3 is 0 Å². The second kappa shape index (κ2) is 5.36. The Morgan fingerprint density at radius 3 is 2.50 bits per heavy atom. The molecule has 70 valence electrons. The summed E-state index contributed by atoms with van der Waals surface area (Å²) in [6.07, 6.45) is 0.819. The summed E-state index contributed by atoms with van der Waals surface area (Å²) in [6.45, 7) is 8.29. The van der Waals surface area contributed by atoms with Crippen molar-refractivity contribution in [1.29, 1.82) is 0 Å². The Labute approximate surface area is 82.8 Å². The maximum Gasteiger partial charge on any atom is 0.236 e. The van der Waals surface area contributed by atoms with Crippen LogP contribution in [0.15, 0.2) is 12.2 Å². The molecular weight excluding hydrogens is 218 g/mol. The van der Waals surface area contributed by atoms with Gasteiger partial charge < -0.3 is 4.90 Å². The van der Waals surface area contributed by atoms with E-state index in [9.17, 15) is 4.79 Å². The Balaban J connectivity index is 4.01. The summed E-state index contributed by atoms with van der Waals surface area (Å²) in [5.41, 5.74) is 1.00. The maximum atomic E-state index is 11.4. The van der Waals surface area contributed by atoms with Gasteiger partial charge in [-0.3, -0.25) is 4.79 Å². The minimum atomic E-state index is -0.0538. The zero-order valence-electron chi connectivity index (χ0n) is 7.93. The summed E-state index contributed by atoms with van der Waals surface area (Å²) in [5, 5.41) is 0. The largest absolute Gasteiger partial charge is 0.341 e. The molecule has 0 saturated carbocycles. The quantitative estimate of drug-likeness (QED) is 0.539. The predicted molar refractivity (Wildman–Crippen MR) is 55.5 cm³/mol. The van der Waals surface area contributed by atoms with Gasteiger partial charge in [0.15, 0.2) is 0 Å². The molecule has 0 bridgehead atoms. The van der Waals surface area contributed by atoms with Crippen molar-refractivity contribution in [3.8, 4) is 0 Å². The van der Waals surface area contributed by atoms with Crippen LogP contribution in [0, 0.1) is 0 Å². The van der Waals surface area contributed by atoms with Crippen molar-refractivity contribution in [1.82, 2.24) is 4.90 Å². The number of nitrogens with zero attached hydrogens (tertiary/aromatic N) is 1. The Hall–Kier alpha value is -0.310. The molecule has 0 aromatic rings. The van der Waals surface area contributed by atoms with Crippen LogP contribution in [0.4, 0.5) is 0 Å². The third-order valence-electron chi connectivity index (χ3n) is 1.51. The summed E-state index contributed by atoms with van der Waals surface area (Å²) in [6, 6.07) is 0. The van der Waals surface area contributed by atoms with Crippen molar-refractivity contribution in [2.45, 2.75) is 25.1 Å². The normalized spacial score (nSPS) is 12.3. The Kier molecular flexibility index (Phi) is 5.22. The van der Waals surface area contributed by atoms with E-state index in [0.717, 1.165) is 12.0 Å². The third-order valence-corrected chi connectivity index (χ3v) is 2.55. The fourth-order valence-corrected chi connectivity index (χ4v) is 1.25. The first-order chi connectivity index (χ1) is 5.49. The van der Waals surface area contributed by atoms with Gasteiger partial charge in [-0.25, -0.2) is 0 Å². The summed E-state index contributed by atoms with van der Waals surface area (Å²) in [5.74, 6) is 0.125. The van der Waals surface area contributed by atoms with Crippen LogP contribution in [-0.2, 0) is 4.79 Å². The van der Waals surface area contributed by atoms with Crippen molar-refractivity contribution in [2.75, 3.05) is 13.6 Å². The maximum absolute atomic E-state index is 11.4. The van der Waals surface area contributed by atoms with Crippen molar-refractivity contribution in [3.05, 3.63) is 12.2 Å². The molecule has 2 nitrogen and oxygen atoms in total. The van der Waals surface area contributed by atoms with Gasteiger partial charge in [0.05, 0.1) is 4.83 Å². The van der Waals surface area contributed by atoms with Crippen LogP contribution in [0.5, 0.6) is 0 Å². The number of rotatable bonds is 4. The summed E-state index contributed by atoms with van der Waals surface area (Å²) in [7, 11) is 1.79. The van der Waals surface area contributed by atoms with E-state index in [1.165, 1.54) is 0 Å². The average molecular weight is 234 g/mol. The lowest BCUT2D eigenvalue weighted by atomic mass is 10.2. The highest BCUT2D eigenvalue weighted by Crippen LogP contribution is 2.08. The number of alkyl halides is 1. The molecule has 0 spiro atoms.